The van der Waals surface area contributed by atoms with Gasteiger partial charge in [0, 0.05) is 0 Å². The van der Waals surface area contributed by atoms with E-state index in [1.165, 1.54) is 0 Å². The second kappa shape index (κ2) is 2.60. The van der Waals surface area contributed by atoms with Crippen molar-refractivity contribution in [2.24, 2.45) is 5.73 Å². The van der Waals surface area contributed by atoms with Gasteiger partial charge < -0.3 is 5.73 Å². The molecule has 0 spiro atoms. The van der Waals surface area contributed by atoms with Crippen molar-refractivity contribution < 1.29 is 0 Å². The van der Waals surface area contributed by atoms with E-state index >= 15 is 0 Å². The number of hydrogen-bond donors (Lipinski definition) is 1. The molecule has 0 radical (unpaired) electrons. The van der Waals surface area contributed by atoms with Crippen molar-refractivity contribution in [2.45, 2.75) is 11.9 Å². The second-order valence-corrected chi connectivity index (χ2v) is 3.23. The summed E-state index contributed by atoms with van der Waals surface area (Å²) in [5.41, 5.74) is 6.56. The highest BCUT2D eigenvalue weighted by atomic mass is 35.5. The van der Waals surface area contributed by atoms with Gasteiger partial charge in [-0.2, -0.15) is 0 Å². The SMILES string of the molecule is CC(N)(Cl)c1ccccc1. The molecular weight excluding hydrogens is 146 g/mol. The van der Waals surface area contributed by atoms with Gasteiger partial charge in [0.05, 0.1) is 0 Å². The maximum absolute atomic E-state index is 5.84. The first kappa shape index (κ1) is 7.58. The van der Waals surface area contributed by atoms with Gasteiger partial charge in [-0.15, -0.1) is 0 Å². The van der Waals surface area contributed by atoms with Crippen molar-refractivity contribution in [1.29, 1.82) is 0 Å². The fourth-order valence-electron chi connectivity index (χ4n) is 0.764. The molecule has 1 aromatic rings. The Balaban J connectivity index is 2.97. The Bertz CT molecular complexity index is 200. The number of halogens is 1. The summed E-state index contributed by atoms with van der Waals surface area (Å²) in [5, 5.41) is 0. The third-order valence-electron chi connectivity index (χ3n) is 1.34. The van der Waals surface area contributed by atoms with E-state index < -0.39 is 5.00 Å². The highest BCUT2D eigenvalue weighted by molar-refractivity contribution is 6.23. The molecule has 0 heterocycles. The second-order valence-electron chi connectivity index (χ2n) is 2.44. The van der Waals surface area contributed by atoms with Gasteiger partial charge in [-0.05, 0) is 12.5 Å². The van der Waals surface area contributed by atoms with Crippen LogP contribution >= 0.6 is 11.6 Å². The molecule has 0 aromatic heterocycles. The van der Waals surface area contributed by atoms with Crippen LogP contribution in [0.2, 0.25) is 0 Å². The molecule has 10 heavy (non-hydrogen) atoms. The number of benzene rings is 1. The molecule has 0 saturated carbocycles. The molecule has 0 aliphatic carbocycles. The number of hydrogen-bond acceptors (Lipinski definition) is 1. The van der Waals surface area contributed by atoms with Crippen LogP contribution in [0.5, 0.6) is 0 Å². The minimum atomic E-state index is -0.735. The van der Waals surface area contributed by atoms with E-state index in [0.717, 1.165) is 5.56 Å². The minimum absolute atomic E-state index is 0.735. The third-order valence-corrected chi connectivity index (χ3v) is 1.56. The van der Waals surface area contributed by atoms with Crippen molar-refractivity contribution >= 4 is 11.6 Å². The largest absolute Gasteiger partial charge is 0.309 e. The standard InChI is InChI=1S/C8H10ClN/c1-8(9,10)7-5-3-2-4-6-7/h2-6H,10H2,1H3. The summed E-state index contributed by atoms with van der Waals surface area (Å²) in [6.45, 7) is 1.77. The zero-order chi connectivity index (χ0) is 7.61. The average molecular weight is 156 g/mol. The van der Waals surface area contributed by atoms with Crippen molar-refractivity contribution in [2.75, 3.05) is 0 Å². The van der Waals surface area contributed by atoms with Crippen LogP contribution in [0.15, 0.2) is 30.3 Å². The van der Waals surface area contributed by atoms with Crippen molar-refractivity contribution in [3.8, 4) is 0 Å². The van der Waals surface area contributed by atoms with Gasteiger partial charge >= 0.3 is 0 Å². The number of rotatable bonds is 1. The predicted molar refractivity (Wildman–Crippen MR) is 43.8 cm³/mol. The molecular formula is C8H10ClN. The lowest BCUT2D eigenvalue weighted by molar-refractivity contribution is 0.721. The molecule has 0 amide bonds. The topological polar surface area (TPSA) is 26.0 Å². The van der Waals surface area contributed by atoms with Crippen molar-refractivity contribution in [1.82, 2.24) is 0 Å². The monoisotopic (exact) mass is 155 g/mol. The van der Waals surface area contributed by atoms with Crippen LogP contribution in [0.1, 0.15) is 12.5 Å². The Morgan fingerprint density at radius 1 is 1.30 bits per heavy atom. The summed E-state index contributed by atoms with van der Waals surface area (Å²) < 4.78 is 0. The van der Waals surface area contributed by atoms with Crippen LogP contribution in [0, 0.1) is 0 Å². The number of nitrogens with two attached hydrogens (primary N) is 1. The van der Waals surface area contributed by atoms with Crippen molar-refractivity contribution in [3.05, 3.63) is 35.9 Å². The summed E-state index contributed by atoms with van der Waals surface area (Å²) in [7, 11) is 0. The highest BCUT2D eigenvalue weighted by Gasteiger charge is 2.15. The van der Waals surface area contributed by atoms with Gasteiger partial charge in [0.1, 0.15) is 5.00 Å². The summed E-state index contributed by atoms with van der Waals surface area (Å²) in [6.07, 6.45) is 0. The maximum Gasteiger partial charge on any atom is 0.114 e. The Kier molecular flexibility index (Phi) is 1.97. The van der Waals surface area contributed by atoms with Crippen LogP contribution in [0.25, 0.3) is 0 Å². The van der Waals surface area contributed by atoms with Gasteiger partial charge in [-0.25, -0.2) is 0 Å². The average Bonchev–Trinajstić information content (AvgIpc) is 1.88. The van der Waals surface area contributed by atoms with E-state index in [1.54, 1.807) is 6.92 Å². The van der Waals surface area contributed by atoms with E-state index in [4.69, 9.17) is 17.3 Å². The van der Waals surface area contributed by atoms with Crippen LogP contribution in [-0.4, -0.2) is 0 Å². The highest BCUT2D eigenvalue weighted by Crippen LogP contribution is 2.20. The molecule has 2 heteroatoms. The fourth-order valence-corrected chi connectivity index (χ4v) is 0.890. The lowest BCUT2D eigenvalue weighted by atomic mass is 10.1. The summed E-state index contributed by atoms with van der Waals surface area (Å²) >= 11 is 5.84. The van der Waals surface area contributed by atoms with Crippen LogP contribution < -0.4 is 5.73 Å². The Hall–Kier alpha value is -0.530. The van der Waals surface area contributed by atoms with E-state index in [0.29, 0.717) is 0 Å². The van der Waals surface area contributed by atoms with Crippen molar-refractivity contribution in [3.63, 3.8) is 0 Å². The van der Waals surface area contributed by atoms with Crippen LogP contribution in [-0.2, 0) is 5.00 Å². The molecule has 0 bridgehead atoms. The quantitative estimate of drug-likeness (QED) is 0.488. The van der Waals surface area contributed by atoms with Crippen LogP contribution in [0.3, 0.4) is 0 Å². The Morgan fingerprint density at radius 3 is 2.10 bits per heavy atom. The van der Waals surface area contributed by atoms with E-state index in [2.05, 4.69) is 0 Å². The van der Waals surface area contributed by atoms with Gasteiger partial charge in [0.2, 0.25) is 0 Å². The van der Waals surface area contributed by atoms with E-state index in [1.807, 2.05) is 30.3 Å². The van der Waals surface area contributed by atoms with Gasteiger partial charge in [-0.3, -0.25) is 0 Å². The molecule has 54 valence electrons. The minimum Gasteiger partial charge on any atom is -0.309 e. The first-order valence-electron chi connectivity index (χ1n) is 3.14. The maximum atomic E-state index is 5.84. The zero-order valence-corrected chi connectivity index (χ0v) is 6.60. The summed E-state index contributed by atoms with van der Waals surface area (Å²) in [5.74, 6) is 0. The first-order chi connectivity index (χ1) is 4.61. The third kappa shape index (κ3) is 1.72. The summed E-state index contributed by atoms with van der Waals surface area (Å²) in [6, 6.07) is 9.60. The molecule has 1 nitrogen and oxygen atoms in total. The fraction of sp³-hybridized carbons (Fsp3) is 0.250. The van der Waals surface area contributed by atoms with Gasteiger partial charge in [0.15, 0.2) is 0 Å². The molecule has 0 fully saturated rings. The molecule has 1 unspecified atom stereocenters. The lowest BCUT2D eigenvalue weighted by Crippen LogP contribution is -2.25. The molecule has 0 aliphatic rings. The van der Waals surface area contributed by atoms with E-state index in [9.17, 15) is 0 Å². The Labute approximate surface area is 65.8 Å². The normalized spacial score (nSPS) is 16.3. The molecule has 0 aliphatic heterocycles. The molecule has 1 rings (SSSR count). The number of alkyl halides is 1. The predicted octanol–water partition coefficient (Wildman–Crippen LogP) is 2.06. The van der Waals surface area contributed by atoms with Gasteiger partial charge in [-0.1, -0.05) is 41.9 Å². The lowest BCUT2D eigenvalue weighted by Gasteiger charge is -2.15. The molecule has 2 N–H and O–H groups in total. The molecule has 1 aromatic carbocycles. The zero-order valence-electron chi connectivity index (χ0n) is 5.84. The molecule has 1 atom stereocenters. The molecule has 0 saturated heterocycles. The van der Waals surface area contributed by atoms with Crippen LogP contribution in [0.4, 0.5) is 0 Å². The smallest absolute Gasteiger partial charge is 0.114 e. The van der Waals surface area contributed by atoms with E-state index in [-0.39, 0.29) is 0 Å². The summed E-state index contributed by atoms with van der Waals surface area (Å²) in [4.78, 5) is -0.735. The van der Waals surface area contributed by atoms with Gasteiger partial charge in [0.25, 0.3) is 0 Å². The Morgan fingerprint density at radius 2 is 1.80 bits per heavy atom. The first-order valence-corrected chi connectivity index (χ1v) is 3.52.